The molecular weight excluding hydrogens is 396 g/mol. The number of ether oxygens (including phenoxy) is 2. The van der Waals surface area contributed by atoms with Crippen LogP contribution in [0.25, 0.3) is 0 Å². The van der Waals surface area contributed by atoms with E-state index in [-0.39, 0.29) is 12.2 Å². The number of nitrogens with one attached hydrogen (secondary N) is 1. The molecule has 1 unspecified atom stereocenters. The van der Waals surface area contributed by atoms with E-state index in [9.17, 15) is 9.59 Å². The molecule has 0 aliphatic rings. The highest BCUT2D eigenvalue weighted by molar-refractivity contribution is 5.87. The lowest BCUT2D eigenvalue weighted by Crippen LogP contribution is -2.16. The van der Waals surface area contributed by atoms with Gasteiger partial charge in [0.1, 0.15) is 23.6 Å². The van der Waals surface area contributed by atoms with Crippen molar-refractivity contribution in [2.24, 2.45) is 0 Å². The Morgan fingerprint density at radius 2 is 1.74 bits per heavy atom. The zero-order valence-electron chi connectivity index (χ0n) is 16.8. The Balaban J connectivity index is 1.68. The van der Waals surface area contributed by atoms with Crippen LogP contribution in [0.2, 0.25) is 0 Å². The molecule has 0 spiro atoms. The fourth-order valence-electron chi connectivity index (χ4n) is 2.56. The predicted molar refractivity (Wildman–Crippen MR) is 113 cm³/mol. The third-order valence-electron chi connectivity index (χ3n) is 4.15. The van der Waals surface area contributed by atoms with Gasteiger partial charge in [0.05, 0.1) is 0 Å². The van der Waals surface area contributed by atoms with Crippen LogP contribution in [-0.2, 0) is 14.3 Å². The zero-order valence-corrected chi connectivity index (χ0v) is 16.8. The number of hydrogen-bond acceptors (Lipinski definition) is 6. The molecule has 1 atom stereocenters. The summed E-state index contributed by atoms with van der Waals surface area (Å²) < 4.78 is 15.0. The van der Waals surface area contributed by atoms with Crippen molar-refractivity contribution in [3.8, 4) is 23.9 Å². The number of anilines is 1. The molecule has 1 aromatic heterocycles. The smallest absolute Gasteiger partial charge is 0.412 e. The monoisotopic (exact) mass is 414 g/mol. The van der Waals surface area contributed by atoms with Gasteiger partial charge in [-0.3, -0.25) is 10.1 Å². The largest absolute Gasteiger partial charge is 0.441 e. The highest BCUT2D eigenvalue weighted by Crippen LogP contribution is 2.22. The summed E-state index contributed by atoms with van der Waals surface area (Å²) in [5.74, 6) is 8.67. The number of amides is 1. The van der Waals surface area contributed by atoms with Gasteiger partial charge >= 0.3 is 12.6 Å². The van der Waals surface area contributed by atoms with Gasteiger partial charge in [-0.25, -0.2) is 4.79 Å². The topological polar surface area (TPSA) is 90.7 Å². The number of aromatic nitrogens is 1. The lowest BCUT2D eigenvalue weighted by Gasteiger charge is -2.13. The van der Waals surface area contributed by atoms with Gasteiger partial charge in [0.25, 0.3) is 0 Å². The van der Waals surface area contributed by atoms with Crippen molar-refractivity contribution in [2.45, 2.75) is 20.0 Å². The molecule has 0 radical (unpaired) electrons. The van der Waals surface area contributed by atoms with Crippen LogP contribution in [0.15, 0.2) is 59.1 Å². The van der Waals surface area contributed by atoms with Crippen LogP contribution in [0.5, 0.6) is 0 Å². The summed E-state index contributed by atoms with van der Waals surface area (Å²) in [7, 11) is 0. The van der Waals surface area contributed by atoms with Crippen molar-refractivity contribution < 1.29 is 23.6 Å². The predicted octanol–water partition coefficient (Wildman–Crippen LogP) is 4.17. The molecule has 7 nitrogen and oxygen atoms in total. The maximum atomic E-state index is 12.3. The molecule has 1 amide bonds. The molecule has 154 valence electrons. The maximum Gasteiger partial charge on any atom is 0.412 e. The number of aryl methyl sites for hydroxylation is 1. The summed E-state index contributed by atoms with van der Waals surface area (Å²) in [4.78, 5) is 22.4. The van der Waals surface area contributed by atoms with Gasteiger partial charge in [0.2, 0.25) is 5.76 Å². The number of carbonyl (C=O) groups excluding carboxylic acids is 2. The Hall–Kier alpha value is -4.49. The van der Waals surface area contributed by atoms with Gasteiger partial charge in [0.15, 0.2) is 0 Å². The second-order valence-electron chi connectivity index (χ2n) is 6.32. The fraction of sp³-hybridized carbons (Fsp3) is 0.125. The molecule has 3 aromatic rings. The van der Waals surface area contributed by atoms with Crippen LogP contribution in [0.4, 0.5) is 10.5 Å². The van der Waals surface area contributed by atoms with E-state index in [0.717, 1.165) is 5.56 Å². The van der Waals surface area contributed by atoms with Gasteiger partial charge in [-0.05, 0) is 55.5 Å². The summed E-state index contributed by atoms with van der Waals surface area (Å²) in [6.07, 6.45) is 1.20. The zero-order chi connectivity index (χ0) is 22.1. The van der Waals surface area contributed by atoms with E-state index in [1.807, 2.05) is 30.3 Å². The second kappa shape index (κ2) is 10.3. The number of benzene rings is 2. The van der Waals surface area contributed by atoms with Crippen LogP contribution >= 0.6 is 0 Å². The molecule has 0 fully saturated rings. The molecule has 31 heavy (non-hydrogen) atoms. The van der Waals surface area contributed by atoms with Crippen LogP contribution in [0, 0.1) is 30.8 Å². The summed E-state index contributed by atoms with van der Waals surface area (Å²) >= 11 is 0. The van der Waals surface area contributed by atoms with E-state index in [0.29, 0.717) is 22.5 Å². The van der Waals surface area contributed by atoms with Gasteiger partial charge < -0.3 is 14.0 Å². The minimum absolute atomic E-state index is 0.213. The van der Waals surface area contributed by atoms with Crippen LogP contribution in [0.1, 0.15) is 41.2 Å². The molecule has 7 heteroatoms. The van der Waals surface area contributed by atoms with E-state index in [1.54, 1.807) is 38.1 Å². The first-order chi connectivity index (χ1) is 15.1. The van der Waals surface area contributed by atoms with Crippen molar-refractivity contribution in [1.29, 1.82) is 0 Å². The minimum Gasteiger partial charge on any atom is -0.441 e. The Bertz CT molecular complexity index is 1180. The third-order valence-corrected chi connectivity index (χ3v) is 4.15. The average Bonchev–Trinajstić information content (AvgIpc) is 3.13. The number of nitrogens with zero attached hydrogens (tertiary/aromatic N) is 1. The molecule has 0 saturated carbocycles. The van der Waals surface area contributed by atoms with Crippen molar-refractivity contribution in [1.82, 2.24) is 5.16 Å². The lowest BCUT2D eigenvalue weighted by atomic mass is 10.1. The first kappa shape index (κ1) is 21.2. The molecule has 1 heterocycles. The maximum absolute atomic E-state index is 12.3. The quantitative estimate of drug-likeness (QED) is 0.509. The van der Waals surface area contributed by atoms with Crippen LogP contribution < -0.4 is 5.32 Å². The SMILES string of the molecule is Cc1noc(C#Cc2ccc(C#COC=O)cc2)c1NC(=O)OC(C)c1ccccc1. The van der Waals surface area contributed by atoms with E-state index < -0.39 is 12.2 Å². The molecule has 0 aliphatic heterocycles. The molecule has 0 aliphatic carbocycles. The Morgan fingerprint density at radius 3 is 2.42 bits per heavy atom. The number of rotatable bonds is 4. The van der Waals surface area contributed by atoms with Gasteiger partial charge in [-0.1, -0.05) is 41.4 Å². The van der Waals surface area contributed by atoms with E-state index >= 15 is 0 Å². The molecule has 2 aromatic carbocycles. The molecule has 1 N–H and O–H groups in total. The summed E-state index contributed by atoms with van der Waals surface area (Å²) in [5, 5.41) is 6.52. The van der Waals surface area contributed by atoms with Gasteiger partial charge in [-0.2, -0.15) is 0 Å². The molecule has 3 rings (SSSR count). The second-order valence-corrected chi connectivity index (χ2v) is 6.32. The normalized spacial score (nSPS) is 10.5. The summed E-state index contributed by atoms with van der Waals surface area (Å²) in [5.41, 5.74) is 3.08. The minimum atomic E-state index is -0.633. The van der Waals surface area contributed by atoms with Crippen molar-refractivity contribution >= 4 is 18.3 Å². The Labute approximate surface area is 179 Å². The standard InChI is InChI=1S/C24H18N2O5/c1-17-23(25-24(28)30-18(2)21-6-4-3-5-7-21)22(31-26-17)13-12-19-8-10-20(11-9-19)14-15-29-16-27/h3-11,16,18H,1-2H3,(H,25,28). The van der Waals surface area contributed by atoms with Crippen molar-refractivity contribution in [3.05, 3.63) is 82.7 Å². The first-order valence-corrected chi connectivity index (χ1v) is 9.28. The van der Waals surface area contributed by atoms with E-state index in [1.165, 1.54) is 0 Å². The molecular formula is C24H18N2O5. The van der Waals surface area contributed by atoms with Crippen LogP contribution in [0.3, 0.4) is 0 Å². The van der Waals surface area contributed by atoms with Gasteiger partial charge in [-0.15, -0.1) is 0 Å². The highest BCUT2D eigenvalue weighted by Gasteiger charge is 2.17. The summed E-state index contributed by atoms with van der Waals surface area (Å²) in [6, 6.07) is 16.4. The fourth-order valence-corrected chi connectivity index (χ4v) is 2.56. The summed E-state index contributed by atoms with van der Waals surface area (Å²) in [6.45, 7) is 3.74. The van der Waals surface area contributed by atoms with Gasteiger partial charge in [0, 0.05) is 11.1 Å². The van der Waals surface area contributed by atoms with Crippen molar-refractivity contribution in [2.75, 3.05) is 5.32 Å². The van der Waals surface area contributed by atoms with Crippen molar-refractivity contribution in [3.63, 3.8) is 0 Å². The highest BCUT2D eigenvalue weighted by atomic mass is 16.6. The Morgan fingerprint density at radius 1 is 1.06 bits per heavy atom. The van der Waals surface area contributed by atoms with E-state index in [2.05, 4.69) is 39.1 Å². The van der Waals surface area contributed by atoms with E-state index in [4.69, 9.17) is 9.26 Å². The molecule has 0 bridgehead atoms. The average molecular weight is 414 g/mol. The third kappa shape index (κ3) is 5.99. The first-order valence-electron chi connectivity index (χ1n) is 9.28. The Kier molecular flexibility index (Phi) is 7.07. The number of hydrogen-bond donors (Lipinski definition) is 1. The lowest BCUT2D eigenvalue weighted by molar-refractivity contribution is -0.122. The molecule has 0 saturated heterocycles. The number of carbonyl (C=O) groups is 2. The van der Waals surface area contributed by atoms with Crippen LogP contribution in [-0.4, -0.2) is 17.7 Å².